The van der Waals surface area contributed by atoms with Gasteiger partial charge < -0.3 is 5.32 Å². The van der Waals surface area contributed by atoms with Gasteiger partial charge in [0.25, 0.3) is 0 Å². The molecular weight excluding hydrogens is 348 g/mol. The molecule has 26 heavy (non-hydrogen) atoms. The highest BCUT2D eigenvalue weighted by Crippen LogP contribution is 2.28. The zero-order valence-corrected chi connectivity index (χ0v) is 16.5. The van der Waals surface area contributed by atoms with Gasteiger partial charge in [-0.1, -0.05) is 50.6 Å². The highest BCUT2D eigenvalue weighted by Gasteiger charge is 2.26. The fraction of sp³-hybridized carbons (Fsp3) is 0.350. The van der Waals surface area contributed by atoms with Crippen LogP contribution in [0.5, 0.6) is 0 Å². The van der Waals surface area contributed by atoms with Gasteiger partial charge in [0, 0.05) is 19.8 Å². The van der Waals surface area contributed by atoms with Crippen LogP contribution in [0.3, 0.4) is 0 Å². The molecule has 0 bridgehead atoms. The molecule has 2 atom stereocenters. The molecule has 2 aromatic rings. The average molecular weight is 375 g/mol. The monoisotopic (exact) mass is 374 g/mol. The third-order valence-corrected chi connectivity index (χ3v) is 6.38. The van der Waals surface area contributed by atoms with E-state index in [9.17, 15) is 13.2 Å². The number of sulfonamides is 1. The Morgan fingerprint density at radius 1 is 1.04 bits per heavy atom. The molecule has 0 spiro atoms. The first-order chi connectivity index (χ1) is 12.3. The van der Waals surface area contributed by atoms with E-state index < -0.39 is 10.0 Å². The lowest BCUT2D eigenvalue weighted by molar-refractivity contribution is -0.118. The Bertz CT molecular complexity index is 831. The van der Waals surface area contributed by atoms with Crippen molar-refractivity contribution in [3.8, 4) is 0 Å². The van der Waals surface area contributed by atoms with Gasteiger partial charge in [-0.15, -0.1) is 0 Å². The Balaban J connectivity index is 2.22. The van der Waals surface area contributed by atoms with Gasteiger partial charge in [0.05, 0.1) is 10.8 Å². The molecule has 5 nitrogen and oxygen atoms in total. The van der Waals surface area contributed by atoms with Crippen molar-refractivity contribution in [3.63, 3.8) is 0 Å². The Kier molecular flexibility index (Phi) is 6.56. The van der Waals surface area contributed by atoms with Crippen LogP contribution in [0.1, 0.15) is 31.7 Å². The zero-order chi connectivity index (χ0) is 19.3. The number of hydrogen-bond acceptors (Lipinski definition) is 3. The van der Waals surface area contributed by atoms with Crippen molar-refractivity contribution in [2.24, 2.45) is 5.92 Å². The average Bonchev–Trinajstić information content (AvgIpc) is 2.63. The molecule has 2 aromatic carbocycles. The summed E-state index contributed by atoms with van der Waals surface area (Å²) < 4.78 is 25.4. The van der Waals surface area contributed by atoms with Crippen molar-refractivity contribution in [2.75, 3.05) is 19.4 Å². The fourth-order valence-corrected chi connectivity index (χ4v) is 3.68. The van der Waals surface area contributed by atoms with Crippen molar-refractivity contribution in [3.05, 3.63) is 60.2 Å². The summed E-state index contributed by atoms with van der Waals surface area (Å²) >= 11 is 0. The molecule has 2 unspecified atom stereocenters. The second kappa shape index (κ2) is 8.47. The molecule has 0 heterocycles. The minimum Gasteiger partial charge on any atom is -0.326 e. The number of anilines is 1. The summed E-state index contributed by atoms with van der Waals surface area (Å²) in [5.74, 6) is -0.161. The number of carbonyl (C=O) groups is 1. The number of amides is 1. The molecule has 0 fully saturated rings. The van der Waals surface area contributed by atoms with E-state index in [2.05, 4.69) is 19.2 Å². The Morgan fingerprint density at radius 3 is 2.12 bits per heavy atom. The second-order valence-electron chi connectivity index (χ2n) is 6.57. The lowest BCUT2D eigenvalue weighted by Gasteiger charge is -2.23. The maximum atomic E-state index is 12.9. The predicted octanol–water partition coefficient (Wildman–Crippen LogP) is 3.71. The number of carbonyl (C=O) groups excluding carboxylic acids is 1. The van der Waals surface area contributed by atoms with Crippen LogP contribution in [0.2, 0.25) is 0 Å². The van der Waals surface area contributed by atoms with E-state index >= 15 is 0 Å². The van der Waals surface area contributed by atoms with E-state index in [0.717, 1.165) is 16.3 Å². The van der Waals surface area contributed by atoms with E-state index in [-0.39, 0.29) is 22.6 Å². The summed E-state index contributed by atoms with van der Waals surface area (Å²) in [7, 11) is -0.503. The molecule has 1 N–H and O–H groups in total. The first-order valence-electron chi connectivity index (χ1n) is 8.65. The smallest absolute Gasteiger partial charge is 0.242 e. The summed E-state index contributed by atoms with van der Waals surface area (Å²) in [6.07, 6.45) is 0.882. The highest BCUT2D eigenvalue weighted by atomic mass is 32.2. The van der Waals surface area contributed by atoms with Crippen LogP contribution < -0.4 is 5.32 Å². The van der Waals surface area contributed by atoms with Gasteiger partial charge in [-0.2, -0.15) is 0 Å². The van der Waals surface area contributed by atoms with Crippen LogP contribution in [0, 0.1) is 5.92 Å². The summed E-state index contributed by atoms with van der Waals surface area (Å²) in [4.78, 5) is 13.1. The van der Waals surface area contributed by atoms with Gasteiger partial charge in [0.2, 0.25) is 15.9 Å². The topological polar surface area (TPSA) is 66.5 Å². The number of rotatable bonds is 7. The van der Waals surface area contributed by atoms with E-state index in [1.807, 2.05) is 30.3 Å². The molecule has 0 radical (unpaired) electrons. The summed E-state index contributed by atoms with van der Waals surface area (Å²) in [5, 5.41) is 2.92. The fourth-order valence-electron chi connectivity index (χ4n) is 2.78. The quantitative estimate of drug-likeness (QED) is 0.803. The zero-order valence-electron chi connectivity index (χ0n) is 15.6. The van der Waals surface area contributed by atoms with Crippen molar-refractivity contribution in [1.29, 1.82) is 0 Å². The first kappa shape index (κ1) is 20.1. The molecule has 2 rings (SSSR count). The van der Waals surface area contributed by atoms with E-state index in [1.54, 1.807) is 12.1 Å². The Morgan fingerprint density at radius 2 is 1.62 bits per heavy atom. The Hall–Kier alpha value is -2.18. The Labute approximate surface area is 156 Å². The van der Waals surface area contributed by atoms with Gasteiger partial charge in [-0.3, -0.25) is 4.79 Å². The molecule has 0 aliphatic carbocycles. The third kappa shape index (κ3) is 4.51. The van der Waals surface area contributed by atoms with Crippen LogP contribution in [-0.2, 0) is 14.8 Å². The normalized spacial score (nSPS) is 14.0. The van der Waals surface area contributed by atoms with Crippen LogP contribution in [-0.4, -0.2) is 32.7 Å². The number of hydrogen-bond donors (Lipinski definition) is 1. The minimum atomic E-state index is -3.48. The van der Waals surface area contributed by atoms with E-state index in [0.29, 0.717) is 5.69 Å². The van der Waals surface area contributed by atoms with Gasteiger partial charge >= 0.3 is 0 Å². The van der Waals surface area contributed by atoms with Crippen molar-refractivity contribution < 1.29 is 13.2 Å². The number of nitrogens with zero attached hydrogens (tertiary/aromatic N) is 1. The molecule has 1 amide bonds. The molecule has 140 valence electrons. The molecule has 0 aliphatic rings. The first-order valence-corrected chi connectivity index (χ1v) is 10.1. The lowest BCUT2D eigenvalue weighted by Crippen LogP contribution is -2.26. The summed E-state index contributed by atoms with van der Waals surface area (Å²) in [6.45, 7) is 4.12. The molecule has 0 aliphatic heterocycles. The third-order valence-electron chi connectivity index (χ3n) is 4.55. The van der Waals surface area contributed by atoms with Gasteiger partial charge in [-0.05, 0) is 35.7 Å². The molecule has 0 aromatic heterocycles. The van der Waals surface area contributed by atoms with Crippen LogP contribution in [0.25, 0.3) is 0 Å². The minimum absolute atomic E-state index is 0.0891. The SMILES string of the molecule is CCC(C)C(C(=O)Nc1ccc(S(=O)(=O)N(C)C)cc1)c1ccccc1. The van der Waals surface area contributed by atoms with Crippen LogP contribution in [0.15, 0.2) is 59.5 Å². The maximum absolute atomic E-state index is 12.9. The lowest BCUT2D eigenvalue weighted by atomic mass is 9.85. The summed E-state index contributed by atoms with van der Waals surface area (Å²) in [6, 6.07) is 16.0. The van der Waals surface area contributed by atoms with Gasteiger partial charge in [-0.25, -0.2) is 12.7 Å². The number of nitrogens with one attached hydrogen (secondary N) is 1. The second-order valence-corrected chi connectivity index (χ2v) is 8.73. The molecule has 0 saturated carbocycles. The maximum Gasteiger partial charge on any atom is 0.242 e. The van der Waals surface area contributed by atoms with Crippen molar-refractivity contribution in [2.45, 2.75) is 31.1 Å². The highest BCUT2D eigenvalue weighted by molar-refractivity contribution is 7.89. The molecule has 0 saturated heterocycles. The predicted molar refractivity (Wildman–Crippen MR) is 105 cm³/mol. The summed E-state index contributed by atoms with van der Waals surface area (Å²) in [5.41, 5.74) is 1.56. The van der Waals surface area contributed by atoms with Crippen LogP contribution >= 0.6 is 0 Å². The largest absolute Gasteiger partial charge is 0.326 e. The van der Waals surface area contributed by atoms with Crippen molar-refractivity contribution >= 4 is 21.6 Å². The van der Waals surface area contributed by atoms with E-state index in [1.165, 1.54) is 26.2 Å². The van der Waals surface area contributed by atoms with Crippen molar-refractivity contribution in [1.82, 2.24) is 4.31 Å². The molecule has 6 heteroatoms. The molecular formula is C20H26N2O3S. The number of benzene rings is 2. The van der Waals surface area contributed by atoms with E-state index in [4.69, 9.17) is 0 Å². The standard InChI is InChI=1S/C20H26N2O3S/c1-5-15(2)19(16-9-7-6-8-10-16)20(23)21-17-11-13-18(14-12-17)26(24,25)22(3)4/h6-15,19H,5H2,1-4H3,(H,21,23). The van der Waals surface area contributed by atoms with Gasteiger partial charge in [0.1, 0.15) is 0 Å². The van der Waals surface area contributed by atoms with Gasteiger partial charge in [0.15, 0.2) is 0 Å². The van der Waals surface area contributed by atoms with Crippen LogP contribution in [0.4, 0.5) is 5.69 Å².